The standard InChI is InChI=1S/C20H34N4O3/c1-3-20(23-8-10-27-11-9-23)4-6-22(7-5-20)19(26)21-16-13-18(25)24(14-16)17-12-15(17)2/h15-17H,3-14H2,1-2H3,(H,21,26). The van der Waals surface area contributed by atoms with Crippen LogP contribution in [0.1, 0.15) is 46.0 Å². The number of piperidine rings is 1. The monoisotopic (exact) mass is 378 g/mol. The Bertz CT molecular complexity index is 570. The molecule has 7 heteroatoms. The van der Waals surface area contributed by atoms with E-state index in [1.165, 1.54) is 0 Å². The average Bonchev–Trinajstić information content (AvgIpc) is 3.31. The minimum absolute atomic E-state index is 0.00479. The van der Waals surface area contributed by atoms with Gasteiger partial charge in [0.05, 0.1) is 19.3 Å². The zero-order valence-electron chi connectivity index (χ0n) is 16.8. The molecular formula is C20H34N4O3. The van der Waals surface area contributed by atoms with E-state index in [4.69, 9.17) is 4.74 Å². The molecule has 0 aromatic rings. The molecule has 7 nitrogen and oxygen atoms in total. The second-order valence-corrected chi connectivity index (χ2v) is 8.84. The smallest absolute Gasteiger partial charge is 0.317 e. The van der Waals surface area contributed by atoms with Crippen LogP contribution in [-0.2, 0) is 9.53 Å². The summed E-state index contributed by atoms with van der Waals surface area (Å²) in [6.07, 6.45) is 4.72. The van der Waals surface area contributed by atoms with E-state index in [1.807, 2.05) is 9.80 Å². The SMILES string of the molecule is CCC1(N2CCOCC2)CCN(C(=O)NC2CC(=O)N(C3CC3C)C2)CC1. The van der Waals surface area contributed by atoms with Crippen molar-refractivity contribution < 1.29 is 14.3 Å². The highest BCUT2D eigenvalue weighted by Gasteiger charge is 2.45. The summed E-state index contributed by atoms with van der Waals surface area (Å²) in [7, 11) is 0. The van der Waals surface area contributed by atoms with Crippen LogP contribution in [-0.4, -0.2) is 90.2 Å². The lowest BCUT2D eigenvalue weighted by Gasteiger charge is -2.50. The number of likely N-dealkylation sites (tertiary alicyclic amines) is 2. The minimum atomic E-state index is -0.0325. The molecule has 3 atom stereocenters. The van der Waals surface area contributed by atoms with Gasteiger partial charge in [-0.1, -0.05) is 13.8 Å². The third-order valence-electron chi connectivity index (χ3n) is 7.27. The summed E-state index contributed by atoms with van der Waals surface area (Å²) in [5, 5.41) is 3.12. The zero-order chi connectivity index (χ0) is 19.0. The Hall–Kier alpha value is -1.34. The number of carbonyl (C=O) groups excluding carboxylic acids is 2. The maximum atomic E-state index is 12.7. The molecule has 1 saturated carbocycles. The van der Waals surface area contributed by atoms with Crippen molar-refractivity contribution in [3.05, 3.63) is 0 Å². The molecule has 152 valence electrons. The number of carbonyl (C=O) groups is 2. The molecule has 3 heterocycles. The van der Waals surface area contributed by atoms with Gasteiger partial charge in [0.25, 0.3) is 0 Å². The van der Waals surface area contributed by atoms with Crippen LogP contribution < -0.4 is 5.32 Å². The van der Waals surface area contributed by atoms with Crippen LogP contribution in [0.3, 0.4) is 0 Å². The lowest BCUT2D eigenvalue weighted by molar-refractivity contribution is -0.128. The predicted octanol–water partition coefficient (Wildman–Crippen LogP) is 1.28. The second-order valence-electron chi connectivity index (χ2n) is 8.84. The molecule has 0 bridgehead atoms. The Morgan fingerprint density at radius 2 is 1.89 bits per heavy atom. The number of nitrogens with zero attached hydrogens (tertiary/aromatic N) is 3. The van der Waals surface area contributed by atoms with Crippen molar-refractivity contribution in [3.63, 3.8) is 0 Å². The van der Waals surface area contributed by atoms with Gasteiger partial charge in [0.15, 0.2) is 0 Å². The van der Waals surface area contributed by atoms with E-state index >= 15 is 0 Å². The van der Waals surface area contributed by atoms with Crippen LogP contribution >= 0.6 is 0 Å². The van der Waals surface area contributed by atoms with Crippen molar-refractivity contribution in [1.29, 1.82) is 0 Å². The van der Waals surface area contributed by atoms with Crippen LogP contribution in [0.25, 0.3) is 0 Å². The summed E-state index contributed by atoms with van der Waals surface area (Å²) in [5.41, 5.74) is 0.211. The van der Waals surface area contributed by atoms with E-state index in [9.17, 15) is 9.59 Å². The number of hydrogen-bond donors (Lipinski definition) is 1. The number of nitrogens with one attached hydrogen (secondary N) is 1. The molecule has 3 unspecified atom stereocenters. The van der Waals surface area contributed by atoms with Gasteiger partial charge in [0, 0.05) is 50.7 Å². The topological polar surface area (TPSA) is 65.1 Å². The van der Waals surface area contributed by atoms with Crippen LogP contribution in [0.2, 0.25) is 0 Å². The number of hydrogen-bond acceptors (Lipinski definition) is 4. The number of morpholine rings is 1. The molecule has 3 saturated heterocycles. The van der Waals surface area contributed by atoms with Crippen molar-refractivity contribution in [2.75, 3.05) is 45.9 Å². The van der Waals surface area contributed by atoms with E-state index in [2.05, 4.69) is 24.1 Å². The van der Waals surface area contributed by atoms with Crippen LogP contribution in [0.4, 0.5) is 4.79 Å². The molecule has 0 spiro atoms. The molecular weight excluding hydrogens is 344 g/mol. The van der Waals surface area contributed by atoms with Gasteiger partial charge in [-0.2, -0.15) is 0 Å². The first-order chi connectivity index (χ1) is 13.0. The fourth-order valence-electron chi connectivity index (χ4n) is 5.21. The van der Waals surface area contributed by atoms with Gasteiger partial charge >= 0.3 is 6.03 Å². The van der Waals surface area contributed by atoms with E-state index in [1.54, 1.807) is 0 Å². The lowest BCUT2D eigenvalue weighted by Crippen LogP contribution is -2.60. The molecule has 1 N–H and O–H groups in total. The van der Waals surface area contributed by atoms with Gasteiger partial charge < -0.3 is 19.9 Å². The van der Waals surface area contributed by atoms with Gasteiger partial charge in [-0.05, 0) is 31.6 Å². The first kappa shape index (κ1) is 19.0. The Balaban J connectivity index is 1.28. The summed E-state index contributed by atoms with van der Waals surface area (Å²) in [4.78, 5) is 31.5. The van der Waals surface area contributed by atoms with E-state index in [0.29, 0.717) is 24.9 Å². The molecule has 4 fully saturated rings. The van der Waals surface area contributed by atoms with Gasteiger partial charge in [-0.25, -0.2) is 4.79 Å². The van der Waals surface area contributed by atoms with Crippen molar-refractivity contribution in [3.8, 4) is 0 Å². The normalized spacial score (nSPS) is 34.0. The molecule has 3 aliphatic heterocycles. The molecule has 27 heavy (non-hydrogen) atoms. The molecule has 0 radical (unpaired) electrons. The Morgan fingerprint density at radius 1 is 1.22 bits per heavy atom. The number of rotatable bonds is 4. The number of ether oxygens (including phenoxy) is 1. The van der Waals surface area contributed by atoms with E-state index < -0.39 is 0 Å². The fraction of sp³-hybridized carbons (Fsp3) is 0.900. The lowest BCUT2D eigenvalue weighted by atomic mass is 9.83. The molecule has 0 aromatic heterocycles. The highest BCUT2D eigenvalue weighted by molar-refractivity contribution is 5.82. The first-order valence-corrected chi connectivity index (χ1v) is 10.7. The van der Waals surface area contributed by atoms with Crippen molar-refractivity contribution >= 4 is 11.9 Å². The first-order valence-electron chi connectivity index (χ1n) is 10.7. The van der Waals surface area contributed by atoms with Crippen molar-refractivity contribution in [1.82, 2.24) is 20.0 Å². The fourth-order valence-corrected chi connectivity index (χ4v) is 5.21. The third-order valence-corrected chi connectivity index (χ3v) is 7.27. The quantitative estimate of drug-likeness (QED) is 0.800. The maximum Gasteiger partial charge on any atom is 0.317 e. The van der Waals surface area contributed by atoms with Crippen LogP contribution in [0, 0.1) is 5.92 Å². The third kappa shape index (κ3) is 3.81. The highest BCUT2D eigenvalue weighted by atomic mass is 16.5. The average molecular weight is 379 g/mol. The van der Waals surface area contributed by atoms with Gasteiger partial charge in [-0.15, -0.1) is 0 Å². The van der Waals surface area contributed by atoms with E-state index in [-0.39, 0.29) is 23.5 Å². The molecule has 4 rings (SSSR count). The van der Waals surface area contributed by atoms with E-state index in [0.717, 1.165) is 65.1 Å². The maximum absolute atomic E-state index is 12.7. The number of urea groups is 1. The summed E-state index contributed by atoms with van der Waals surface area (Å²) in [6.45, 7) is 10.4. The Labute approximate surface area is 162 Å². The predicted molar refractivity (Wildman–Crippen MR) is 102 cm³/mol. The van der Waals surface area contributed by atoms with Gasteiger partial charge in [0.2, 0.25) is 5.91 Å². The van der Waals surface area contributed by atoms with Crippen LogP contribution in [0.15, 0.2) is 0 Å². The summed E-state index contributed by atoms with van der Waals surface area (Å²) < 4.78 is 5.51. The molecule has 3 amide bonds. The van der Waals surface area contributed by atoms with Gasteiger partial charge in [0.1, 0.15) is 0 Å². The Kier molecular flexibility index (Phi) is 5.34. The molecule has 4 aliphatic rings. The number of amides is 3. The van der Waals surface area contributed by atoms with Crippen molar-refractivity contribution in [2.45, 2.75) is 63.6 Å². The Morgan fingerprint density at radius 3 is 2.48 bits per heavy atom. The zero-order valence-corrected chi connectivity index (χ0v) is 16.8. The van der Waals surface area contributed by atoms with Crippen LogP contribution in [0.5, 0.6) is 0 Å². The molecule has 1 aliphatic carbocycles. The molecule has 0 aromatic carbocycles. The largest absolute Gasteiger partial charge is 0.379 e. The summed E-state index contributed by atoms with van der Waals surface area (Å²) in [6, 6.07) is 0.383. The summed E-state index contributed by atoms with van der Waals surface area (Å²) >= 11 is 0. The summed E-state index contributed by atoms with van der Waals surface area (Å²) in [5.74, 6) is 0.818. The van der Waals surface area contributed by atoms with Crippen molar-refractivity contribution in [2.24, 2.45) is 5.92 Å². The highest BCUT2D eigenvalue weighted by Crippen LogP contribution is 2.37. The van der Waals surface area contributed by atoms with Gasteiger partial charge in [-0.3, -0.25) is 9.69 Å². The minimum Gasteiger partial charge on any atom is -0.379 e. The second kappa shape index (κ2) is 7.59.